The lowest BCUT2D eigenvalue weighted by Crippen LogP contribution is -1.83. The first kappa shape index (κ1) is 16.0. The van der Waals surface area contributed by atoms with Crippen LogP contribution in [0.5, 0.6) is 5.75 Å². The Hall–Kier alpha value is -2.34. The highest BCUT2D eigenvalue weighted by molar-refractivity contribution is 5.41. The van der Waals surface area contributed by atoms with Crippen LogP contribution in [0.4, 0.5) is 5.69 Å². The molecule has 0 aromatic heterocycles. The van der Waals surface area contributed by atoms with Crippen LogP contribution in [0.15, 0.2) is 69.4 Å². The van der Waals surface area contributed by atoms with Gasteiger partial charge in [-0.2, -0.15) is 0 Å². The second-order valence-electron chi connectivity index (χ2n) is 5.20. The molecular formula is C19H22N2O. The fraction of sp³-hybridized carbons (Fsp3) is 0.368. The third kappa shape index (κ3) is 5.21. The number of nitrogens with zero attached hydrogens (tertiary/aromatic N) is 2. The molecule has 1 aliphatic carbocycles. The molecule has 0 radical (unpaired) electrons. The standard InChI is InChI=1S/C19H22N2O/c1-3-4-5-6-7-16-8-10-17(11-9-16)20-21-18-12-14-19(22-2)15-13-18/h8,10,12-15H,3-7H2,1-2H3. The van der Waals surface area contributed by atoms with Crippen molar-refractivity contribution in [2.45, 2.75) is 39.0 Å². The van der Waals surface area contributed by atoms with Gasteiger partial charge in [-0.25, -0.2) is 0 Å². The predicted octanol–water partition coefficient (Wildman–Crippen LogP) is 5.88. The van der Waals surface area contributed by atoms with E-state index in [0.29, 0.717) is 5.70 Å². The fourth-order valence-corrected chi connectivity index (χ4v) is 2.11. The summed E-state index contributed by atoms with van der Waals surface area (Å²) >= 11 is 0. The van der Waals surface area contributed by atoms with Gasteiger partial charge in [0, 0.05) is 5.57 Å². The van der Waals surface area contributed by atoms with Gasteiger partial charge in [0.2, 0.25) is 0 Å². The summed E-state index contributed by atoms with van der Waals surface area (Å²) in [4.78, 5) is 0. The third-order valence-electron chi connectivity index (χ3n) is 3.44. The molecule has 1 aromatic rings. The molecule has 3 heteroatoms. The van der Waals surface area contributed by atoms with Crippen LogP contribution in [0.25, 0.3) is 0 Å². The molecule has 0 spiro atoms. The fourth-order valence-electron chi connectivity index (χ4n) is 2.11. The Morgan fingerprint density at radius 3 is 2.41 bits per heavy atom. The van der Waals surface area contributed by atoms with Crippen LogP contribution in [0, 0.1) is 0 Å². The lowest BCUT2D eigenvalue weighted by Gasteiger charge is -2.01. The van der Waals surface area contributed by atoms with Crippen LogP contribution in [0.1, 0.15) is 39.0 Å². The second-order valence-corrected chi connectivity index (χ2v) is 5.20. The number of rotatable bonds is 8. The summed E-state index contributed by atoms with van der Waals surface area (Å²) in [5.41, 5.74) is 8.92. The van der Waals surface area contributed by atoms with E-state index in [1.807, 2.05) is 30.3 Å². The van der Waals surface area contributed by atoms with Crippen molar-refractivity contribution in [3.8, 4) is 5.75 Å². The Kier molecular flexibility index (Phi) is 6.44. The molecule has 114 valence electrons. The van der Waals surface area contributed by atoms with E-state index in [4.69, 9.17) is 4.74 Å². The number of unbranched alkanes of at least 4 members (excludes halogenated alkanes) is 3. The highest BCUT2D eigenvalue weighted by atomic mass is 16.5. The van der Waals surface area contributed by atoms with Crippen molar-refractivity contribution >= 4 is 5.69 Å². The van der Waals surface area contributed by atoms with Crippen LogP contribution < -0.4 is 4.74 Å². The molecule has 2 rings (SSSR count). The van der Waals surface area contributed by atoms with Gasteiger partial charge in [0.15, 0.2) is 0 Å². The van der Waals surface area contributed by atoms with E-state index in [2.05, 4.69) is 34.7 Å². The van der Waals surface area contributed by atoms with E-state index in [-0.39, 0.29) is 0 Å². The molecule has 0 bridgehead atoms. The zero-order chi connectivity index (χ0) is 15.6. The Morgan fingerprint density at radius 2 is 1.77 bits per heavy atom. The van der Waals surface area contributed by atoms with Gasteiger partial charge in [0.1, 0.15) is 11.4 Å². The van der Waals surface area contributed by atoms with Crippen molar-refractivity contribution in [2.75, 3.05) is 7.11 Å². The Labute approximate surface area is 132 Å². The number of hydrogen-bond acceptors (Lipinski definition) is 3. The largest absolute Gasteiger partial charge is 0.497 e. The molecule has 0 N–H and O–H groups in total. The van der Waals surface area contributed by atoms with Crippen LogP contribution in [-0.4, -0.2) is 7.11 Å². The highest BCUT2D eigenvalue weighted by Crippen LogP contribution is 2.20. The molecular weight excluding hydrogens is 272 g/mol. The maximum atomic E-state index is 5.11. The highest BCUT2D eigenvalue weighted by Gasteiger charge is 1.98. The summed E-state index contributed by atoms with van der Waals surface area (Å²) < 4.78 is 5.11. The number of methoxy groups -OCH3 is 1. The number of benzene rings is 1. The van der Waals surface area contributed by atoms with Crippen molar-refractivity contribution < 1.29 is 4.74 Å². The first-order valence-corrected chi connectivity index (χ1v) is 7.80. The molecule has 0 saturated carbocycles. The Bertz CT molecular complexity index is 641. The van der Waals surface area contributed by atoms with E-state index >= 15 is 0 Å². The van der Waals surface area contributed by atoms with Gasteiger partial charge in [-0.05, 0) is 55.0 Å². The minimum Gasteiger partial charge on any atom is -0.497 e. The topological polar surface area (TPSA) is 34.0 Å². The van der Waals surface area contributed by atoms with E-state index in [1.165, 1.54) is 31.3 Å². The summed E-state index contributed by atoms with van der Waals surface area (Å²) in [6.45, 7) is 2.22. The van der Waals surface area contributed by atoms with E-state index < -0.39 is 0 Å². The maximum absolute atomic E-state index is 5.11. The zero-order valence-electron chi connectivity index (χ0n) is 13.3. The Morgan fingerprint density at radius 1 is 0.955 bits per heavy atom. The molecule has 0 unspecified atom stereocenters. The smallest absolute Gasteiger partial charge is 0.136 e. The summed E-state index contributed by atoms with van der Waals surface area (Å²) in [5, 5.41) is 8.37. The van der Waals surface area contributed by atoms with Gasteiger partial charge in [-0.1, -0.05) is 31.9 Å². The third-order valence-corrected chi connectivity index (χ3v) is 3.44. The first-order valence-electron chi connectivity index (χ1n) is 7.80. The van der Waals surface area contributed by atoms with E-state index in [0.717, 1.165) is 17.9 Å². The first-order chi connectivity index (χ1) is 10.8. The lowest BCUT2D eigenvalue weighted by atomic mass is 10.1. The number of hydrogen-bond donors (Lipinski definition) is 0. The van der Waals surface area contributed by atoms with Gasteiger partial charge in [0.25, 0.3) is 0 Å². The number of allylic oxidation sites excluding steroid dienone is 3. The molecule has 0 fully saturated rings. The average Bonchev–Trinajstić information content (AvgIpc) is 2.58. The van der Waals surface area contributed by atoms with Crippen molar-refractivity contribution in [3.63, 3.8) is 0 Å². The van der Waals surface area contributed by atoms with Gasteiger partial charge >= 0.3 is 0 Å². The summed E-state index contributed by atoms with van der Waals surface area (Å²) in [5.74, 6) is 0.811. The van der Waals surface area contributed by atoms with Gasteiger partial charge in [0.05, 0.1) is 12.8 Å². The molecule has 1 aromatic carbocycles. The minimum absolute atomic E-state index is 0.702. The van der Waals surface area contributed by atoms with Gasteiger partial charge in [-0.3, -0.25) is 0 Å². The molecule has 3 nitrogen and oxygen atoms in total. The quantitative estimate of drug-likeness (QED) is 0.334. The monoisotopic (exact) mass is 294 g/mol. The lowest BCUT2D eigenvalue weighted by molar-refractivity contribution is 0.415. The zero-order valence-corrected chi connectivity index (χ0v) is 13.3. The number of ether oxygens (including phenoxy) is 1. The van der Waals surface area contributed by atoms with Crippen LogP contribution >= 0.6 is 0 Å². The molecule has 0 aliphatic heterocycles. The second kappa shape index (κ2) is 8.84. The maximum Gasteiger partial charge on any atom is 0.136 e. The van der Waals surface area contributed by atoms with Gasteiger partial charge < -0.3 is 4.74 Å². The minimum atomic E-state index is 0.702. The Balaban J connectivity index is 1.95. The van der Waals surface area contributed by atoms with Gasteiger partial charge in [-0.15, -0.1) is 10.2 Å². The molecule has 1 aliphatic rings. The summed E-state index contributed by atoms with van der Waals surface area (Å²) in [6, 6.07) is 7.47. The summed E-state index contributed by atoms with van der Waals surface area (Å²) in [6.07, 6.45) is 10.1. The van der Waals surface area contributed by atoms with Crippen molar-refractivity contribution in [2.24, 2.45) is 10.2 Å². The van der Waals surface area contributed by atoms with Crippen molar-refractivity contribution in [1.29, 1.82) is 0 Å². The summed E-state index contributed by atoms with van der Waals surface area (Å²) in [7, 11) is 1.64. The molecule has 22 heavy (non-hydrogen) atoms. The van der Waals surface area contributed by atoms with Crippen molar-refractivity contribution in [1.82, 2.24) is 0 Å². The predicted molar refractivity (Wildman–Crippen MR) is 89.5 cm³/mol. The van der Waals surface area contributed by atoms with Crippen LogP contribution in [0.3, 0.4) is 0 Å². The van der Waals surface area contributed by atoms with Crippen molar-refractivity contribution in [3.05, 3.63) is 59.2 Å². The van der Waals surface area contributed by atoms with E-state index in [1.54, 1.807) is 7.11 Å². The molecule has 0 amide bonds. The SMILES string of the molecule is CCCCCCC1=C=C=C(N=Nc2ccc(OC)cc2)C=C1. The molecule has 0 atom stereocenters. The molecule has 0 heterocycles. The van der Waals surface area contributed by atoms with E-state index in [9.17, 15) is 0 Å². The normalized spacial score (nSPS) is 13.4. The van der Waals surface area contributed by atoms with Crippen LogP contribution in [-0.2, 0) is 0 Å². The molecule has 0 saturated heterocycles. The van der Waals surface area contributed by atoms with Crippen LogP contribution in [0.2, 0.25) is 0 Å². The number of azo groups is 1. The average molecular weight is 294 g/mol.